The minimum atomic E-state index is -0.133. The van der Waals surface area contributed by atoms with Crippen molar-refractivity contribution in [1.29, 1.82) is 0 Å². The van der Waals surface area contributed by atoms with Crippen molar-refractivity contribution >= 4 is 5.97 Å². The van der Waals surface area contributed by atoms with E-state index in [1.165, 1.54) is 45.6 Å². The van der Waals surface area contributed by atoms with Gasteiger partial charge >= 0.3 is 5.97 Å². The number of carbonyl (C=O) groups excluding carboxylic acids is 1. The Kier molecular flexibility index (Phi) is 19.2. The topological polar surface area (TPSA) is 26.3 Å². The van der Waals surface area contributed by atoms with Gasteiger partial charge in [0.15, 0.2) is 0 Å². The summed E-state index contributed by atoms with van der Waals surface area (Å²) in [5, 5.41) is 0. The molecule has 0 fully saturated rings. The standard InChI is InChI=1S/C23H38O2/c1-3-4-5-6-7-8-9-10-11-12-13-14-15-16-17-18-19-20-21-22-23(24)25-2/h7-8,10-11,13-14,19-20H,3-6,9,12,15-18,21-22H2,1-2H3. The summed E-state index contributed by atoms with van der Waals surface area (Å²) in [7, 11) is 1.43. The van der Waals surface area contributed by atoms with E-state index in [1.54, 1.807) is 0 Å². The van der Waals surface area contributed by atoms with Crippen molar-refractivity contribution < 1.29 is 9.53 Å². The molecule has 25 heavy (non-hydrogen) atoms. The Bertz CT molecular complexity index is 402. The van der Waals surface area contributed by atoms with Gasteiger partial charge in [-0.3, -0.25) is 4.79 Å². The summed E-state index contributed by atoms with van der Waals surface area (Å²) in [4.78, 5) is 10.9. The van der Waals surface area contributed by atoms with Crippen LogP contribution in [0.4, 0.5) is 0 Å². The average molecular weight is 347 g/mol. The number of carbonyl (C=O) groups is 1. The molecule has 0 amide bonds. The van der Waals surface area contributed by atoms with Gasteiger partial charge in [0.25, 0.3) is 0 Å². The van der Waals surface area contributed by atoms with Gasteiger partial charge in [-0.2, -0.15) is 0 Å². The fourth-order valence-electron chi connectivity index (χ4n) is 2.35. The summed E-state index contributed by atoms with van der Waals surface area (Å²) >= 11 is 0. The Balaban J connectivity index is 3.36. The Morgan fingerprint density at radius 1 is 0.680 bits per heavy atom. The second kappa shape index (κ2) is 20.5. The molecule has 0 saturated heterocycles. The first-order valence-electron chi connectivity index (χ1n) is 9.98. The van der Waals surface area contributed by atoms with Crippen molar-refractivity contribution in [2.75, 3.05) is 7.11 Å². The van der Waals surface area contributed by atoms with Crippen molar-refractivity contribution in [3.63, 3.8) is 0 Å². The molecule has 0 spiro atoms. The summed E-state index contributed by atoms with van der Waals surface area (Å²) in [6.45, 7) is 2.24. The third kappa shape index (κ3) is 20.4. The zero-order valence-corrected chi connectivity index (χ0v) is 16.4. The molecule has 0 aromatic heterocycles. The summed E-state index contributed by atoms with van der Waals surface area (Å²) in [6.07, 6.45) is 31.1. The molecule has 0 aliphatic rings. The lowest BCUT2D eigenvalue weighted by Gasteiger charge is -1.95. The minimum absolute atomic E-state index is 0.133. The molecule has 0 unspecified atom stereocenters. The number of allylic oxidation sites excluding steroid dienone is 8. The predicted molar refractivity (Wildman–Crippen MR) is 110 cm³/mol. The van der Waals surface area contributed by atoms with Crippen LogP contribution in [-0.4, -0.2) is 13.1 Å². The van der Waals surface area contributed by atoms with E-state index in [-0.39, 0.29) is 5.97 Å². The number of rotatable bonds is 16. The smallest absolute Gasteiger partial charge is 0.305 e. The van der Waals surface area contributed by atoms with Gasteiger partial charge in [-0.1, -0.05) is 68.4 Å². The van der Waals surface area contributed by atoms with Crippen LogP contribution < -0.4 is 0 Å². The summed E-state index contributed by atoms with van der Waals surface area (Å²) < 4.78 is 4.60. The highest BCUT2D eigenvalue weighted by Gasteiger charge is 1.95. The van der Waals surface area contributed by atoms with E-state index in [2.05, 4.69) is 60.3 Å². The molecule has 0 atom stereocenters. The molecule has 0 aromatic carbocycles. The van der Waals surface area contributed by atoms with Crippen molar-refractivity contribution in [2.24, 2.45) is 0 Å². The number of ether oxygens (including phenoxy) is 1. The van der Waals surface area contributed by atoms with Gasteiger partial charge < -0.3 is 4.74 Å². The van der Waals surface area contributed by atoms with E-state index in [0.29, 0.717) is 6.42 Å². The van der Waals surface area contributed by atoms with E-state index < -0.39 is 0 Å². The number of hydrogen-bond acceptors (Lipinski definition) is 2. The molecule has 0 aromatic rings. The molecule has 0 rings (SSSR count). The van der Waals surface area contributed by atoms with E-state index in [4.69, 9.17) is 0 Å². The molecular formula is C23H38O2. The van der Waals surface area contributed by atoms with Gasteiger partial charge in [0, 0.05) is 6.42 Å². The van der Waals surface area contributed by atoms with Crippen LogP contribution in [0, 0.1) is 0 Å². The first-order chi connectivity index (χ1) is 12.3. The van der Waals surface area contributed by atoms with E-state index in [1.807, 2.05) is 0 Å². The van der Waals surface area contributed by atoms with Crippen LogP contribution in [0.3, 0.4) is 0 Å². The molecule has 0 saturated carbocycles. The number of esters is 1. The third-order valence-electron chi connectivity index (χ3n) is 3.92. The molecule has 0 N–H and O–H groups in total. The normalized spacial score (nSPS) is 12.2. The lowest BCUT2D eigenvalue weighted by Crippen LogP contribution is -1.97. The minimum Gasteiger partial charge on any atom is -0.469 e. The lowest BCUT2D eigenvalue weighted by atomic mass is 10.1. The maximum Gasteiger partial charge on any atom is 0.305 e. The van der Waals surface area contributed by atoms with E-state index >= 15 is 0 Å². The number of methoxy groups -OCH3 is 1. The van der Waals surface area contributed by atoms with Gasteiger partial charge in [0.1, 0.15) is 0 Å². The third-order valence-corrected chi connectivity index (χ3v) is 3.92. The summed E-state index contributed by atoms with van der Waals surface area (Å²) in [6, 6.07) is 0. The first kappa shape index (κ1) is 23.4. The van der Waals surface area contributed by atoms with Crippen LogP contribution in [0.25, 0.3) is 0 Å². The van der Waals surface area contributed by atoms with Crippen LogP contribution in [0.5, 0.6) is 0 Å². The van der Waals surface area contributed by atoms with E-state index in [0.717, 1.165) is 32.1 Å². The van der Waals surface area contributed by atoms with Gasteiger partial charge in [0.2, 0.25) is 0 Å². The van der Waals surface area contributed by atoms with Gasteiger partial charge in [-0.25, -0.2) is 0 Å². The molecule has 0 aliphatic carbocycles. The van der Waals surface area contributed by atoms with Gasteiger partial charge in [-0.05, 0) is 57.8 Å². The molecule has 2 heteroatoms. The molecule has 0 aliphatic heterocycles. The molecule has 0 bridgehead atoms. The Morgan fingerprint density at radius 3 is 1.64 bits per heavy atom. The zero-order chi connectivity index (χ0) is 18.4. The second-order valence-electron chi connectivity index (χ2n) is 6.25. The molecule has 2 nitrogen and oxygen atoms in total. The van der Waals surface area contributed by atoms with Crippen molar-refractivity contribution in [3.8, 4) is 0 Å². The highest BCUT2D eigenvalue weighted by Crippen LogP contribution is 2.04. The average Bonchev–Trinajstić information content (AvgIpc) is 2.63. The van der Waals surface area contributed by atoms with Crippen molar-refractivity contribution in [3.05, 3.63) is 48.6 Å². The van der Waals surface area contributed by atoms with Crippen molar-refractivity contribution in [1.82, 2.24) is 0 Å². The Morgan fingerprint density at radius 2 is 1.12 bits per heavy atom. The first-order valence-corrected chi connectivity index (χ1v) is 9.98. The zero-order valence-electron chi connectivity index (χ0n) is 16.4. The maximum atomic E-state index is 10.9. The fourth-order valence-corrected chi connectivity index (χ4v) is 2.35. The largest absolute Gasteiger partial charge is 0.469 e. The lowest BCUT2D eigenvalue weighted by molar-refractivity contribution is -0.140. The van der Waals surface area contributed by atoms with E-state index in [9.17, 15) is 4.79 Å². The van der Waals surface area contributed by atoms with Crippen LogP contribution in [0.15, 0.2) is 48.6 Å². The molecule has 0 heterocycles. The van der Waals surface area contributed by atoms with Crippen LogP contribution in [-0.2, 0) is 9.53 Å². The number of hydrogen-bond donors (Lipinski definition) is 0. The Hall–Kier alpha value is -1.57. The van der Waals surface area contributed by atoms with Crippen LogP contribution in [0.1, 0.15) is 84.0 Å². The SMILES string of the molecule is CCCCCC=CCC=CCC=CCCCCC=CCCC(=O)OC. The summed E-state index contributed by atoms with van der Waals surface area (Å²) in [5.74, 6) is -0.133. The monoisotopic (exact) mass is 346 g/mol. The van der Waals surface area contributed by atoms with Crippen LogP contribution >= 0.6 is 0 Å². The Labute approximate surface area is 155 Å². The highest BCUT2D eigenvalue weighted by molar-refractivity contribution is 5.69. The quantitative estimate of drug-likeness (QED) is 0.169. The second-order valence-corrected chi connectivity index (χ2v) is 6.25. The van der Waals surface area contributed by atoms with Crippen molar-refractivity contribution in [2.45, 2.75) is 84.0 Å². The predicted octanol–water partition coefficient (Wildman–Crippen LogP) is 7.09. The fraction of sp³-hybridized carbons (Fsp3) is 0.609. The van der Waals surface area contributed by atoms with Crippen LogP contribution in [0.2, 0.25) is 0 Å². The molecule has 0 radical (unpaired) electrons. The maximum absolute atomic E-state index is 10.9. The molecule has 142 valence electrons. The molecular weight excluding hydrogens is 308 g/mol. The highest BCUT2D eigenvalue weighted by atomic mass is 16.5. The number of unbranched alkanes of at least 4 members (excludes halogenated alkanes) is 6. The van der Waals surface area contributed by atoms with Gasteiger partial charge in [0.05, 0.1) is 7.11 Å². The van der Waals surface area contributed by atoms with Gasteiger partial charge in [-0.15, -0.1) is 0 Å². The summed E-state index contributed by atoms with van der Waals surface area (Å²) in [5.41, 5.74) is 0.